The first kappa shape index (κ1) is 13.4. The monoisotopic (exact) mass is 273 g/mol. The van der Waals surface area contributed by atoms with Crippen LogP contribution in [0, 0.1) is 0 Å². The summed E-state index contributed by atoms with van der Waals surface area (Å²) >= 11 is 1.29. The molecule has 0 aliphatic carbocycles. The molecule has 1 aromatic heterocycles. The van der Waals surface area contributed by atoms with Crippen molar-refractivity contribution in [3.05, 3.63) is 47.0 Å². The second kappa shape index (κ2) is 6.24. The highest BCUT2D eigenvalue weighted by Gasteiger charge is 2.01. The van der Waals surface area contributed by atoms with Gasteiger partial charge in [-0.2, -0.15) is 0 Å². The summed E-state index contributed by atoms with van der Waals surface area (Å²) in [5.41, 5.74) is 3.86. The molecule has 1 aromatic carbocycles. The molecule has 1 amide bonds. The van der Waals surface area contributed by atoms with E-state index in [-0.39, 0.29) is 5.91 Å². The molecular formula is C14H15N3OS. The third-order valence-electron chi connectivity index (χ3n) is 2.62. The van der Waals surface area contributed by atoms with Crippen molar-refractivity contribution in [3.8, 4) is 0 Å². The van der Waals surface area contributed by atoms with E-state index in [0.717, 1.165) is 5.56 Å². The Morgan fingerprint density at radius 3 is 2.63 bits per heavy atom. The zero-order chi connectivity index (χ0) is 13.7. The number of aromatic nitrogens is 2. The van der Waals surface area contributed by atoms with Gasteiger partial charge >= 0.3 is 0 Å². The molecule has 4 nitrogen and oxygen atoms in total. The van der Waals surface area contributed by atoms with Gasteiger partial charge in [0, 0.05) is 6.08 Å². The summed E-state index contributed by atoms with van der Waals surface area (Å²) in [7, 11) is 0. The SMILES string of the molecule is CC(C)c1ccc(/C=C/C(=O)Nc2nncs2)cc1. The first-order valence-corrected chi connectivity index (χ1v) is 6.88. The maximum absolute atomic E-state index is 11.6. The Balaban J connectivity index is 1.96. The Morgan fingerprint density at radius 2 is 2.05 bits per heavy atom. The number of rotatable bonds is 4. The molecule has 0 saturated carbocycles. The molecule has 19 heavy (non-hydrogen) atoms. The number of carbonyl (C=O) groups is 1. The van der Waals surface area contributed by atoms with Gasteiger partial charge in [0.05, 0.1) is 0 Å². The fraction of sp³-hybridized carbons (Fsp3) is 0.214. The van der Waals surface area contributed by atoms with Crippen molar-refractivity contribution < 1.29 is 4.79 Å². The lowest BCUT2D eigenvalue weighted by Gasteiger charge is -2.04. The van der Waals surface area contributed by atoms with Gasteiger partial charge in [-0.05, 0) is 23.1 Å². The van der Waals surface area contributed by atoms with Crippen LogP contribution in [0.2, 0.25) is 0 Å². The molecule has 5 heteroatoms. The molecule has 0 fully saturated rings. The highest BCUT2D eigenvalue weighted by molar-refractivity contribution is 7.13. The third kappa shape index (κ3) is 3.99. The Morgan fingerprint density at radius 1 is 1.32 bits per heavy atom. The summed E-state index contributed by atoms with van der Waals surface area (Å²) in [6, 6.07) is 8.16. The number of benzene rings is 1. The van der Waals surface area contributed by atoms with Gasteiger partial charge in [0.1, 0.15) is 5.51 Å². The molecule has 1 heterocycles. The van der Waals surface area contributed by atoms with Gasteiger partial charge in [-0.15, -0.1) is 10.2 Å². The Bertz CT molecular complexity index is 559. The quantitative estimate of drug-likeness (QED) is 0.869. The second-order valence-corrected chi connectivity index (χ2v) is 5.22. The van der Waals surface area contributed by atoms with Crippen LogP contribution in [0.15, 0.2) is 35.9 Å². The van der Waals surface area contributed by atoms with E-state index in [1.807, 2.05) is 12.1 Å². The maximum atomic E-state index is 11.6. The lowest BCUT2D eigenvalue weighted by atomic mass is 10.0. The average molecular weight is 273 g/mol. The van der Waals surface area contributed by atoms with Gasteiger partial charge in [0.25, 0.3) is 0 Å². The van der Waals surface area contributed by atoms with E-state index in [1.54, 1.807) is 11.6 Å². The van der Waals surface area contributed by atoms with E-state index in [2.05, 4.69) is 41.5 Å². The van der Waals surface area contributed by atoms with Crippen LogP contribution in [0.25, 0.3) is 6.08 Å². The fourth-order valence-corrected chi connectivity index (χ4v) is 1.99. The average Bonchev–Trinajstić information content (AvgIpc) is 2.89. The number of nitrogens with zero attached hydrogens (tertiary/aromatic N) is 2. The molecule has 0 unspecified atom stereocenters. The zero-order valence-electron chi connectivity index (χ0n) is 10.8. The number of hydrogen-bond donors (Lipinski definition) is 1. The standard InChI is InChI=1S/C14H15N3OS/c1-10(2)12-6-3-11(4-7-12)5-8-13(18)16-14-17-15-9-19-14/h3-10H,1-2H3,(H,16,17,18)/b8-5+. The smallest absolute Gasteiger partial charge is 0.250 e. The Hall–Kier alpha value is -2.01. The maximum Gasteiger partial charge on any atom is 0.250 e. The first-order chi connectivity index (χ1) is 9.15. The minimum absolute atomic E-state index is 0.204. The molecule has 0 atom stereocenters. The summed E-state index contributed by atoms with van der Waals surface area (Å²) in [6.07, 6.45) is 3.27. The number of hydrogen-bond acceptors (Lipinski definition) is 4. The normalized spacial score (nSPS) is 11.1. The van der Waals surface area contributed by atoms with E-state index in [4.69, 9.17) is 0 Å². The van der Waals surface area contributed by atoms with Gasteiger partial charge in [-0.25, -0.2) is 0 Å². The third-order valence-corrected chi connectivity index (χ3v) is 3.23. The lowest BCUT2D eigenvalue weighted by molar-refractivity contribution is -0.111. The van der Waals surface area contributed by atoms with Crippen LogP contribution in [-0.2, 0) is 4.79 Å². The minimum Gasteiger partial charge on any atom is -0.297 e. The molecule has 0 spiro atoms. The Kier molecular flexibility index (Phi) is 4.41. The highest BCUT2D eigenvalue weighted by Crippen LogP contribution is 2.15. The van der Waals surface area contributed by atoms with Gasteiger partial charge < -0.3 is 0 Å². The van der Waals surface area contributed by atoms with E-state index >= 15 is 0 Å². The van der Waals surface area contributed by atoms with Crippen molar-refractivity contribution >= 4 is 28.5 Å². The Labute approximate surface area is 116 Å². The van der Waals surface area contributed by atoms with E-state index in [1.165, 1.54) is 23.0 Å². The molecule has 0 radical (unpaired) electrons. The van der Waals surface area contributed by atoms with Crippen molar-refractivity contribution in [2.24, 2.45) is 0 Å². The number of carbonyl (C=O) groups excluding carboxylic acids is 1. The van der Waals surface area contributed by atoms with E-state index in [0.29, 0.717) is 11.0 Å². The number of anilines is 1. The van der Waals surface area contributed by atoms with Crippen molar-refractivity contribution in [3.63, 3.8) is 0 Å². The molecule has 1 N–H and O–H groups in total. The summed E-state index contributed by atoms with van der Waals surface area (Å²) < 4.78 is 0. The molecule has 0 saturated heterocycles. The zero-order valence-corrected chi connectivity index (χ0v) is 11.6. The highest BCUT2D eigenvalue weighted by atomic mass is 32.1. The molecule has 0 aliphatic heterocycles. The molecule has 0 bridgehead atoms. The predicted molar refractivity (Wildman–Crippen MR) is 78.1 cm³/mol. The van der Waals surface area contributed by atoms with Crippen LogP contribution >= 0.6 is 11.3 Å². The van der Waals surface area contributed by atoms with Gasteiger partial charge in [-0.1, -0.05) is 49.4 Å². The van der Waals surface area contributed by atoms with Crippen LogP contribution in [0.3, 0.4) is 0 Å². The van der Waals surface area contributed by atoms with Crippen molar-refractivity contribution in [1.82, 2.24) is 10.2 Å². The van der Waals surface area contributed by atoms with Gasteiger partial charge in [0.2, 0.25) is 11.0 Å². The molecule has 0 aliphatic rings. The lowest BCUT2D eigenvalue weighted by Crippen LogP contribution is -2.07. The van der Waals surface area contributed by atoms with Gasteiger partial charge in [-0.3, -0.25) is 10.1 Å². The van der Waals surface area contributed by atoms with Crippen LogP contribution in [0.4, 0.5) is 5.13 Å². The van der Waals surface area contributed by atoms with Crippen molar-refractivity contribution in [2.45, 2.75) is 19.8 Å². The largest absolute Gasteiger partial charge is 0.297 e. The van der Waals surface area contributed by atoms with E-state index < -0.39 is 0 Å². The summed E-state index contributed by atoms with van der Waals surface area (Å²) in [4.78, 5) is 11.6. The summed E-state index contributed by atoms with van der Waals surface area (Å²) in [6.45, 7) is 4.31. The topological polar surface area (TPSA) is 54.9 Å². The number of nitrogens with one attached hydrogen (secondary N) is 1. The minimum atomic E-state index is -0.204. The summed E-state index contributed by atoms with van der Waals surface area (Å²) in [5, 5.41) is 10.5. The first-order valence-electron chi connectivity index (χ1n) is 6.00. The second-order valence-electron chi connectivity index (χ2n) is 4.39. The van der Waals surface area contributed by atoms with Crippen molar-refractivity contribution in [2.75, 3.05) is 5.32 Å². The number of amides is 1. The van der Waals surface area contributed by atoms with E-state index in [9.17, 15) is 4.79 Å². The fourth-order valence-electron chi connectivity index (χ4n) is 1.54. The predicted octanol–water partition coefficient (Wildman–Crippen LogP) is 3.31. The van der Waals surface area contributed by atoms with Crippen LogP contribution in [-0.4, -0.2) is 16.1 Å². The van der Waals surface area contributed by atoms with Crippen LogP contribution in [0.1, 0.15) is 30.9 Å². The molecular weight excluding hydrogens is 258 g/mol. The molecule has 2 rings (SSSR count). The van der Waals surface area contributed by atoms with Gasteiger partial charge in [0.15, 0.2) is 0 Å². The van der Waals surface area contributed by atoms with Crippen molar-refractivity contribution in [1.29, 1.82) is 0 Å². The molecule has 98 valence electrons. The van der Waals surface area contributed by atoms with Crippen LogP contribution < -0.4 is 5.32 Å². The summed E-state index contributed by atoms with van der Waals surface area (Å²) in [5.74, 6) is 0.309. The molecule has 2 aromatic rings. The van der Waals surface area contributed by atoms with Crippen LogP contribution in [0.5, 0.6) is 0 Å².